The van der Waals surface area contributed by atoms with Crippen molar-refractivity contribution in [1.82, 2.24) is 5.32 Å². The topological polar surface area (TPSA) is 124 Å². The van der Waals surface area contributed by atoms with E-state index in [-0.39, 0.29) is 11.4 Å². The van der Waals surface area contributed by atoms with Gasteiger partial charge in [-0.3, -0.25) is 20.2 Å². The van der Waals surface area contributed by atoms with Crippen molar-refractivity contribution < 1.29 is 23.7 Å². The van der Waals surface area contributed by atoms with Gasteiger partial charge >= 0.3 is 6.09 Å². The minimum atomic E-state index is -1.16. The van der Waals surface area contributed by atoms with Crippen LogP contribution in [0, 0.1) is 10.1 Å². The standard InChI is InChI=1S/C14H13N3O6/c1-22-14(19)16-13(12(18)11-3-2-8-23-11)15-9-4-6-10(7-5-9)17(20)21/h2-8,13,15H,1H3,(H,16,19)/t13-/m1/s1. The summed E-state index contributed by atoms with van der Waals surface area (Å²) in [5, 5.41) is 15.7. The van der Waals surface area contributed by atoms with Crippen molar-refractivity contribution in [3.8, 4) is 0 Å². The average Bonchev–Trinajstić information content (AvgIpc) is 3.08. The Morgan fingerprint density at radius 3 is 2.48 bits per heavy atom. The van der Waals surface area contributed by atoms with E-state index in [0.717, 1.165) is 7.11 Å². The van der Waals surface area contributed by atoms with Crippen molar-refractivity contribution >= 4 is 23.3 Å². The highest BCUT2D eigenvalue weighted by Gasteiger charge is 2.24. The predicted molar refractivity (Wildman–Crippen MR) is 79.1 cm³/mol. The van der Waals surface area contributed by atoms with E-state index in [1.165, 1.54) is 42.7 Å². The summed E-state index contributed by atoms with van der Waals surface area (Å²) in [6, 6.07) is 8.36. The first-order valence-electron chi connectivity index (χ1n) is 6.44. The van der Waals surface area contributed by atoms with Crippen molar-refractivity contribution in [3.63, 3.8) is 0 Å². The molecule has 1 aromatic carbocycles. The van der Waals surface area contributed by atoms with Crippen LogP contribution in [0.15, 0.2) is 47.1 Å². The number of ether oxygens (including phenoxy) is 1. The van der Waals surface area contributed by atoms with Gasteiger partial charge < -0.3 is 14.5 Å². The van der Waals surface area contributed by atoms with Gasteiger partial charge in [0, 0.05) is 17.8 Å². The van der Waals surface area contributed by atoms with Gasteiger partial charge in [0.15, 0.2) is 11.9 Å². The lowest BCUT2D eigenvalue weighted by molar-refractivity contribution is -0.384. The number of nitrogens with one attached hydrogen (secondary N) is 2. The van der Waals surface area contributed by atoms with Crippen LogP contribution in [0.3, 0.4) is 0 Å². The summed E-state index contributed by atoms with van der Waals surface area (Å²) in [6.07, 6.45) is -0.645. The molecule has 120 valence electrons. The van der Waals surface area contributed by atoms with Gasteiger partial charge in [-0.05, 0) is 24.3 Å². The van der Waals surface area contributed by atoms with Gasteiger partial charge in [-0.1, -0.05) is 0 Å². The maximum absolute atomic E-state index is 12.3. The van der Waals surface area contributed by atoms with E-state index in [4.69, 9.17) is 4.42 Å². The third-order valence-corrected chi connectivity index (χ3v) is 2.86. The Morgan fingerprint density at radius 1 is 1.26 bits per heavy atom. The fourth-order valence-corrected chi connectivity index (χ4v) is 1.75. The molecule has 23 heavy (non-hydrogen) atoms. The average molecular weight is 319 g/mol. The highest BCUT2D eigenvalue weighted by Crippen LogP contribution is 2.17. The third-order valence-electron chi connectivity index (χ3n) is 2.86. The SMILES string of the molecule is COC(=O)N[C@@H](Nc1ccc([N+](=O)[O-])cc1)C(=O)c1ccco1. The van der Waals surface area contributed by atoms with Crippen molar-refractivity contribution in [2.24, 2.45) is 0 Å². The van der Waals surface area contributed by atoms with E-state index in [9.17, 15) is 19.7 Å². The minimum absolute atomic E-state index is 0.0424. The Hall–Kier alpha value is -3.36. The first kappa shape index (κ1) is 16.0. The molecule has 2 N–H and O–H groups in total. The molecule has 9 heteroatoms. The van der Waals surface area contributed by atoms with Gasteiger partial charge in [0.1, 0.15) is 0 Å². The fraction of sp³-hybridized carbons (Fsp3) is 0.143. The molecule has 1 amide bonds. The molecule has 9 nitrogen and oxygen atoms in total. The molecule has 0 spiro atoms. The highest BCUT2D eigenvalue weighted by atomic mass is 16.6. The largest absolute Gasteiger partial charge is 0.461 e. The monoisotopic (exact) mass is 319 g/mol. The Kier molecular flexibility index (Phi) is 4.92. The zero-order valence-electron chi connectivity index (χ0n) is 12.0. The number of methoxy groups -OCH3 is 1. The Labute approximate surface area is 130 Å². The van der Waals surface area contributed by atoms with E-state index in [2.05, 4.69) is 15.4 Å². The van der Waals surface area contributed by atoms with Crippen molar-refractivity contribution in [1.29, 1.82) is 0 Å². The van der Waals surface area contributed by atoms with Gasteiger partial charge in [-0.2, -0.15) is 0 Å². The quantitative estimate of drug-likeness (QED) is 0.362. The number of nitro groups is 1. The van der Waals surface area contributed by atoms with Crippen LogP contribution in [0.2, 0.25) is 0 Å². The number of alkyl carbamates (subject to hydrolysis) is 1. The number of carbonyl (C=O) groups is 2. The summed E-state index contributed by atoms with van der Waals surface area (Å²) in [7, 11) is 1.16. The van der Waals surface area contributed by atoms with Crippen LogP contribution in [0.4, 0.5) is 16.2 Å². The molecular weight excluding hydrogens is 306 g/mol. The molecule has 0 aliphatic carbocycles. The molecule has 2 rings (SSSR count). The van der Waals surface area contributed by atoms with Crippen LogP contribution in [0.1, 0.15) is 10.6 Å². The van der Waals surface area contributed by atoms with Gasteiger partial charge in [-0.25, -0.2) is 4.79 Å². The number of Topliss-reactive ketones (excluding diaryl/α,β-unsaturated/α-hetero) is 1. The molecule has 1 heterocycles. The number of carbonyl (C=O) groups excluding carboxylic acids is 2. The lowest BCUT2D eigenvalue weighted by atomic mass is 10.2. The van der Waals surface area contributed by atoms with Crippen LogP contribution in [-0.2, 0) is 4.74 Å². The molecular formula is C14H13N3O6. The molecule has 0 fully saturated rings. The summed E-state index contributed by atoms with van der Waals surface area (Å²) < 4.78 is 9.48. The first-order valence-corrected chi connectivity index (χ1v) is 6.44. The van der Waals surface area contributed by atoms with E-state index in [1.807, 2.05) is 0 Å². The summed E-state index contributed by atoms with van der Waals surface area (Å²) in [5.74, 6) is -0.487. The summed E-state index contributed by atoms with van der Waals surface area (Å²) in [5.41, 5.74) is 0.308. The number of nitrogens with zero attached hydrogens (tertiary/aromatic N) is 1. The number of benzene rings is 1. The number of non-ortho nitro benzene ring substituents is 1. The van der Waals surface area contributed by atoms with Gasteiger partial charge in [-0.15, -0.1) is 0 Å². The first-order chi connectivity index (χ1) is 11.0. The molecule has 0 aliphatic rings. The van der Waals surface area contributed by atoms with Crippen LogP contribution in [-0.4, -0.2) is 30.1 Å². The lowest BCUT2D eigenvalue weighted by Gasteiger charge is -2.18. The molecule has 1 atom stereocenters. The normalized spacial score (nSPS) is 11.3. The van der Waals surface area contributed by atoms with E-state index >= 15 is 0 Å². The third kappa shape index (κ3) is 4.06. The van der Waals surface area contributed by atoms with Gasteiger partial charge in [0.25, 0.3) is 5.69 Å². The van der Waals surface area contributed by atoms with Crippen LogP contribution < -0.4 is 10.6 Å². The number of ketones is 1. The minimum Gasteiger partial charge on any atom is -0.461 e. The molecule has 0 aliphatic heterocycles. The second kappa shape index (κ2) is 7.07. The number of furan rings is 1. The summed E-state index contributed by atoms with van der Waals surface area (Å²) >= 11 is 0. The summed E-state index contributed by atoms with van der Waals surface area (Å²) in [6.45, 7) is 0. The maximum atomic E-state index is 12.3. The number of rotatable bonds is 6. The van der Waals surface area contributed by atoms with Crippen molar-refractivity contribution in [2.45, 2.75) is 6.17 Å². The Bertz CT molecular complexity index is 696. The van der Waals surface area contributed by atoms with Gasteiger partial charge in [0.05, 0.1) is 18.3 Å². The second-order valence-electron chi connectivity index (χ2n) is 4.36. The molecule has 2 aromatic rings. The Morgan fingerprint density at radius 2 is 1.96 bits per heavy atom. The van der Waals surface area contributed by atoms with Crippen molar-refractivity contribution in [3.05, 3.63) is 58.5 Å². The van der Waals surface area contributed by atoms with E-state index in [0.29, 0.717) is 5.69 Å². The zero-order valence-corrected chi connectivity index (χ0v) is 12.0. The van der Waals surface area contributed by atoms with E-state index in [1.54, 1.807) is 0 Å². The van der Waals surface area contributed by atoms with Crippen LogP contribution in [0.25, 0.3) is 0 Å². The smallest absolute Gasteiger partial charge is 0.408 e. The number of hydrogen-bond donors (Lipinski definition) is 2. The molecule has 0 saturated carbocycles. The van der Waals surface area contributed by atoms with Crippen LogP contribution in [0.5, 0.6) is 0 Å². The predicted octanol–water partition coefficient (Wildman–Crippen LogP) is 2.16. The Balaban J connectivity index is 2.18. The number of anilines is 1. The zero-order chi connectivity index (χ0) is 16.8. The molecule has 0 radical (unpaired) electrons. The highest BCUT2D eigenvalue weighted by molar-refractivity contribution is 6.00. The maximum Gasteiger partial charge on any atom is 0.408 e. The van der Waals surface area contributed by atoms with E-state index < -0.39 is 23.0 Å². The molecule has 0 saturated heterocycles. The number of hydrogen-bond acceptors (Lipinski definition) is 7. The number of nitro benzene ring substituents is 1. The number of amides is 1. The molecule has 0 bridgehead atoms. The molecule has 1 aromatic heterocycles. The second-order valence-corrected chi connectivity index (χ2v) is 4.36. The summed E-state index contributed by atoms with van der Waals surface area (Å²) in [4.78, 5) is 33.8. The fourth-order valence-electron chi connectivity index (χ4n) is 1.75. The lowest BCUT2D eigenvalue weighted by Crippen LogP contribution is -2.46. The molecule has 0 unspecified atom stereocenters. The van der Waals surface area contributed by atoms with Crippen molar-refractivity contribution in [2.75, 3.05) is 12.4 Å². The van der Waals surface area contributed by atoms with Crippen LogP contribution >= 0.6 is 0 Å². The van der Waals surface area contributed by atoms with Gasteiger partial charge in [0.2, 0.25) is 5.78 Å².